The summed E-state index contributed by atoms with van der Waals surface area (Å²) < 4.78 is 38.3. The highest BCUT2D eigenvalue weighted by Crippen LogP contribution is 2.44. The van der Waals surface area contributed by atoms with E-state index in [1.165, 1.54) is 6.92 Å². The average molecular weight is 460 g/mol. The van der Waals surface area contributed by atoms with Crippen LogP contribution >= 0.6 is 0 Å². The number of aliphatic hydroxyl groups is 1. The van der Waals surface area contributed by atoms with Gasteiger partial charge >= 0.3 is 5.97 Å². The Bertz CT molecular complexity index is 1000. The highest BCUT2D eigenvalue weighted by atomic mass is 16.7. The van der Waals surface area contributed by atoms with E-state index in [9.17, 15) is 9.90 Å². The van der Waals surface area contributed by atoms with E-state index in [0.29, 0.717) is 47.3 Å². The predicted octanol–water partition coefficient (Wildman–Crippen LogP) is 2.73. The van der Waals surface area contributed by atoms with Crippen molar-refractivity contribution in [3.05, 3.63) is 35.4 Å². The van der Waals surface area contributed by atoms with Crippen LogP contribution < -0.4 is 28.4 Å². The molecular weight excluding hydrogens is 432 g/mol. The molecule has 2 aliphatic rings. The van der Waals surface area contributed by atoms with Crippen LogP contribution in [0, 0.1) is 11.8 Å². The first kappa shape index (κ1) is 22.8. The van der Waals surface area contributed by atoms with E-state index < -0.39 is 0 Å². The molecular formula is C24H28O9. The molecule has 0 saturated carbocycles. The van der Waals surface area contributed by atoms with Gasteiger partial charge in [0.1, 0.15) is 0 Å². The third-order valence-corrected chi connectivity index (χ3v) is 5.83. The summed E-state index contributed by atoms with van der Waals surface area (Å²) in [6, 6.07) is 7.54. The van der Waals surface area contributed by atoms with Gasteiger partial charge in [-0.3, -0.25) is 4.79 Å². The summed E-state index contributed by atoms with van der Waals surface area (Å²) >= 11 is 0. The highest BCUT2D eigenvalue weighted by molar-refractivity contribution is 5.65. The molecule has 1 N–H and O–H groups in total. The fourth-order valence-electron chi connectivity index (χ4n) is 4.18. The first-order valence-electron chi connectivity index (χ1n) is 10.7. The molecule has 33 heavy (non-hydrogen) atoms. The van der Waals surface area contributed by atoms with Crippen LogP contribution in [-0.4, -0.2) is 52.1 Å². The summed E-state index contributed by atoms with van der Waals surface area (Å²) in [7, 11) is 3.14. The number of carbonyl (C=O) groups is 1. The normalized spacial score (nSPS) is 15.2. The highest BCUT2D eigenvalue weighted by Gasteiger charge is 2.28. The second-order valence-corrected chi connectivity index (χ2v) is 7.98. The van der Waals surface area contributed by atoms with Gasteiger partial charge in [-0.05, 0) is 54.2 Å². The van der Waals surface area contributed by atoms with Gasteiger partial charge in [-0.25, -0.2) is 0 Å². The number of ether oxygens (including phenoxy) is 7. The van der Waals surface area contributed by atoms with Crippen molar-refractivity contribution in [3.63, 3.8) is 0 Å². The largest absolute Gasteiger partial charge is 0.493 e. The lowest BCUT2D eigenvalue weighted by Crippen LogP contribution is -2.28. The number of hydrogen-bond donors (Lipinski definition) is 1. The Kier molecular flexibility index (Phi) is 6.98. The van der Waals surface area contributed by atoms with Crippen LogP contribution in [0.2, 0.25) is 0 Å². The van der Waals surface area contributed by atoms with Gasteiger partial charge in [0.15, 0.2) is 23.0 Å². The zero-order valence-corrected chi connectivity index (χ0v) is 18.9. The standard InChI is InChI=1S/C24H28O9/c1-14(26)29-11-18(5-16-7-20(28-3)24-22(9-16)31-13-33-24)17(10-25)4-15-6-19(27-2)23-21(8-15)30-12-32-23/h6-9,17-18,25H,4-5,10-13H2,1-3H3/t17-,18-/m1/s1. The minimum absolute atomic E-state index is 0.0929. The fraction of sp³-hybridized carbons (Fsp3) is 0.458. The molecule has 2 atom stereocenters. The van der Waals surface area contributed by atoms with Crippen LogP contribution in [-0.2, 0) is 22.4 Å². The van der Waals surface area contributed by atoms with Crippen molar-refractivity contribution in [3.8, 4) is 34.5 Å². The van der Waals surface area contributed by atoms with Crippen molar-refractivity contribution in [1.29, 1.82) is 0 Å². The maximum atomic E-state index is 11.5. The maximum absolute atomic E-state index is 11.5. The lowest BCUT2D eigenvalue weighted by Gasteiger charge is -2.26. The Morgan fingerprint density at radius 1 is 0.879 bits per heavy atom. The topological polar surface area (TPSA) is 102 Å². The first-order valence-corrected chi connectivity index (χ1v) is 10.7. The average Bonchev–Trinajstić information content (AvgIpc) is 3.48. The van der Waals surface area contributed by atoms with Crippen LogP contribution in [0.1, 0.15) is 18.1 Å². The summed E-state index contributed by atoms with van der Waals surface area (Å²) in [6.07, 6.45) is 1.06. The van der Waals surface area contributed by atoms with E-state index in [1.807, 2.05) is 24.3 Å². The third-order valence-electron chi connectivity index (χ3n) is 5.83. The van der Waals surface area contributed by atoms with Gasteiger partial charge in [0.05, 0.1) is 20.8 Å². The Morgan fingerprint density at radius 3 is 1.85 bits per heavy atom. The van der Waals surface area contributed by atoms with Gasteiger partial charge in [0.2, 0.25) is 25.1 Å². The number of esters is 1. The minimum atomic E-state index is -0.371. The monoisotopic (exact) mass is 460 g/mol. The summed E-state index contributed by atoms with van der Waals surface area (Å²) in [6.45, 7) is 1.72. The number of methoxy groups -OCH3 is 2. The number of rotatable bonds is 10. The quantitative estimate of drug-likeness (QED) is 0.536. The summed E-state index contributed by atoms with van der Waals surface area (Å²) in [4.78, 5) is 11.5. The third kappa shape index (κ3) is 5.03. The van der Waals surface area contributed by atoms with Gasteiger partial charge in [0.25, 0.3) is 0 Å². The Balaban J connectivity index is 1.58. The molecule has 2 aliphatic heterocycles. The van der Waals surface area contributed by atoms with Gasteiger partial charge in [0, 0.05) is 19.4 Å². The molecule has 0 saturated heterocycles. The molecule has 9 heteroatoms. The van der Waals surface area contributed by atoms with E-state index in [1.54, 1.807) is 14.2 Å². The van der Waals surface area contributed by atoms with Crippen molar-refractivity contribution in [2.75, 3.05) is 41.0 Å². The van der Waals surface area contributed by atoms with Crippen molar-refractivity contribution in [2.45, 2.75) is 19.8 Å². The SMILES string of the molecule is COc1cc(C[C@H](CO)[C@@H](COC(C)=O)Cc2cc(OC)c3c(c2)OCO3)cc2c1OCO2. The molecule has 9 nitrogen and oxygen atoms in total. The van der Waals surface area contributed by atoms with Gasteiger partial charge in [-0.1, -0.05) is 0 Å². The molecule has 0 spiro atoms. The number of benzene rings is 2. The van der Waals surface area contributed by atoms with E-state index in [4.69, 9.17) is 33.2 Å². The van der Waals surface area contributed by atoms with Crippen molar-refractivity contribution in [1.82, 2.24) is 0 Å². The van der Waals surface area contributed by atoms with Crippen LogP contribution in [0.25, 0.3) is 0 Å². The Morgan fingerprint density at radius 2 is 1.39 bits per heavy atom. The maximum Gasteiger partial charge on any atom is 0.302 e. The van der Waals surface area contributed by atoms with E-state index in [-0.39, 0.29) is 44.6 Å². The molecule has 0 bridgehead atoms. The fourth-order valence-corrected chi connectivity index (χ4v) is 4.18. The van der Waals surface area contributed by atoms with Crippen LogP contribution in [0.3, 0.4) is 0 Å². The van der Waals surface area contributed by atoms with Crippen molar-refractivity contribution >= 4 is 5.97 Å². The lowest BCUT2D eigenvalue weighted by atomic mass is 9.83. The first-order chi connectivity index (χ1) is 16.0. The molecule has 0 aromatic heterocycles. The molecule has 0 fully saturated rings. The number of fused-ring (bicyclic) bond motifs is 2. The Hall–Kier alpha value is -3.33. The molecule has 4 rings (SSSR count). The predicted molar refractivity (Wildman–Crippen MR) is 116 cm³/mol. The molecule has 0 aliphatic carbocycles. The van der Waals surface area contributed by atoms with Crippen molar-refractivity contribution in [2.24, 2.45) is 11.8 Å². The van der Waals surface area contributed by atoms with Gasteiger partial charge in [-0.2, -0.15) is 0 Å². The van der Waals surface area contributed by atoms with Crippen LogP contribution in [0.5, 0.6) is 34.5 Å². The summed E-state index contributed by atoms with van der Waals surface area (Å²) in [5.74, 6) is 2.78. The second-order valence-electron chi connectivity index (χ2n) is 7.98. The zero-order valence-electron chi connectivity index (χ0n) is 18.9. The number of hydrogen-bond acceptors (Lipinski definition) is 9. The Labute approximate surface area is 192 Å². The number of aliphatic hydroxyl groups excluding tert-OH is 1. The molecule has 2 aromatic rings. The van der Waals surface area contributed by atoms with Crippen molar-refractivity contribution < 1.29 is 43.1 Å². The van der Waals surface area contributed by atoms with E-state index >= 15 is 0 Å². The van der Waals surface area contributed by atoms with Gasteiger partial charge in [-0.15, -0.1) is 0 Å². The summed E-state index contributed by atoms with van der Waals surface area (Å²) in [5, 5.41) is 10.3. The summed E-state index contributed by atoms with van der Waals surface area (Å²) in [5.41, 5.74) is 1.85. The number of carbonyl (C=O) groups excluding carboxylic acids is 1. The van der Waals surface area contributed by atoms with Gasteiger partial charge < -0.3 is 38.3 Å². The minimum Gasteiger partial charge on any atom is -0.493 e. The van der Waals surface area contributed by atoms with Crippen LogP contribution in [0.4, 0.5) is 0 Å². The zero-order chi connectivity index (χ0) is 23.4. The smallest absolute Gasteiger partial charge is 0.302 e. The van der Waals surface area contributed by atoms with Crippen LogP contribution in [0.15, 0.2) is 24.3 Å². The molecule has 2 aromatic carbocycles. The van der Waals surface area contributed by atoms with E-state index in [0.717, 1.165) is 11.1 Å². The molecule has 178 valence electrons. The molecule has 2 heterocycles. The second kappa shape index (κ2) is 10.1. The van der Waals surface area contributed by atoms with E-state index in [2.05, 4.69) is 0 Å². The lowest BCUT2D eigenvalue weighted by molar-refractivity contribution is -0.143. The molecule has 0 amide bonds. The molecule has 0 radical (unpaired) electrons. The molecule has 0 unspecified atom stereocenters.